The zero-order valence-corrected chi connectivity index (χ0v) is 13.5. The summed E-state index contributed by atoms with van der Waals surface area (Å²) in [7, 11) is 0. The van der Waals surface area contributed by atoms with E-state index in [1.807, 2.05) is 49.4 Å². The first-order valence-electron chi connectivity index (χ1n) is 8.30. The molecular formula is C20H24N2O. The number of carbonyl (C=O) groups excluding carboxylic acids is 1. The Labute approximate surface area is 137 Å². The summed E-state index contributed by atoms with van der Waals surface area (Å²) in [5, 5.41) is 3.18. The molecule has 120 valence electrons. The van der Waals surface area contributed by atoms with E-state index in [-0.39, 0.29) is 11.9 Å². The predicted octanol–water partition coefficient (Wildman–Crippen LogP) is 3.13. The van der Waals surface area contributed by atoms with Crippen molar-refractivity contribution in [2.75, 3.05) is 0 Å². The molecule has 0 aliphatic heterocycles. The van der Waals surface area contributed by atoms with Crippen molar-refractivity contribution in [2.45, 2.75) is 38.3 Å². The summed E-state index contributed by atoms with van der Waals surface area (Å²) in [5.74, 6) is 0.506. The van der Waals surface area contributed by atoms with Gasteiger partial charge in [0.2, 0.25) is 5.91 Å². The second-order valence-corrected chi connectivity index (χ2v) is 6.53. The van der Waals surface area contributed by atoms with Gasteiger partial charge in [-0.2, -0.15) is 0 Å². The van der Waals surface area contributed by atoms with Crippen LogP contribution in [0.4, 0.5) is 0 Å². The third kappa shape index (κ3) is 4.20. The van der Waals surface area contributed by atoms with Gasteiger partial charge in [0.15, 0.2) is 0 Å². The number of rotatable bonds is 6. The van der Waals surface area contributed by atoms with Crippen LogP contribution in [0.25, 0.3) is 0 Å². The molecule has 0 aromatic heterocycles. The van der Waals surface area contributed by atoms with E-state index in [4.69, 9.17) is 5.73 Å². The van der Waals surface area contributed by atoms with E-state index in [0.717, 1.165) is 12.0 Å². The Hall–Kier alpha value is -2.13. The van der Waals surface area contributed by atoms with E-state index in [1.165, 1.54) is 24.0 Å². The molecule has 3 rings (SSSR count). The number of hydrogen-bond donors (Lipinski definition) is 2. The van der Waals surface area contributed by atoms with Crippen molar-refractivity contribution in [1.82, 2.24) is 5.32 Å². The minimum absolute atomic E-state index is 0.0818. The summed E-state index contributed by atoms with van der Waals surface area (Å²) >= 11 is 0. The van der Waals surface area contributed by atoms with Gasteiger partial charge in [0.1, 0.15) is 6.04 Å². The average Bonchev–Trinajstić information content (AvgIpc) is 3.40. The molecule has 1 aliphatic rings. The van der Waals surface area contributed by atoms with E-state index in [1.54, 1.807) is 0 Å². The molecule has 0 spiro atoms. The molecule has 3 N–H and O–H groups in total. The van der Waals surface area contributed by atoms with Gasteiger partial charge in [0.25, 0.3) is 0 Å². The summed E-state index contributed by atoms with van der Waals surface area (Å²) in [4.78, 5) is 12.5. The molecular weight excluding hydrogens is 284 g/mol. The first-order valence-corrected chi connectivity index (χ1v) is 8.30. The van der Waals surface area contributed by atoms with E-state index < -0.39 is 6.04 Å². The molecule has 0 bridgehead atoms. The van der Waals surface area contributed by atoms with Crippen molar-refractivity contribution >= 4 is 5.91 Å². The first-order chi connectivity index (χ1) is 11.1. The van der Waals surface area contributed by atoms with Crippen molar-refractivity contribution in [2.24, 2.45) is 11.7 Å². The molecule has 23 heavy (non-hydrogen) atoms. The van der Waals surface area contributed by atoms with Gasteiger partial charge in [-0.1, -0.05) is 60.2 Å². The zero-order chi connectivity index (χ0) is 16.2. The Morgan fingerprint density at radius 1 is 1.13 bits per heavy atom. The Bertz CT molecular complexity index is 647. The van der Waals surface area contributed by atoms with Gasteiger partial charge in [0.05, 0.1) is 0 Å². The molecule has 1 saturated carbocycles. The van der Waals surface area contributed by atoms with Crippen LogP contribution < -0.4 is 11.1 Å². The minimum Gasteiger partial charge on any atom is -0.351 e. The highest BCUT2D eigenvalue weighted by atomic mass is 16.2. The number of hydrogen-bond acceptors (Lipinski definition) is 2. The second-order valence-electron chi connectivity index (χ2n) is 6.53. The lowest BCUT2D eigenvalue weighted by atomic mass is 10.0. The van der Waals surface area contributed by atoms with Crippen LogP contribution in [0.5, 0.6) is 0 Å². The molecule has 2 aromatic rings. The van der Waals surface area contributed by atoms with E-state index in [2.05, 4.69) is 17.4 Å². The molecule has 3 heteroatoms. The number of nitrogens with two attached hydrogens (primary N) is 1. The third-order valence-corrected chi connectivity index (χ3v) is 4.54. The van der Waals surface area contributed by atoms with Crippen molar-refractivity contribution < 1.29 is 4.79 Å². The van der Waals surface area contributed by atoms with Crippen LogP contribution >= 0.6 is 0 Å². The third-order valence-electron chi connectivity index (χ3n) is 4.54. The predicted molar refractivity (Wildman–Crippen MR) is 92.9 cm³/mol. The standard InChI is InChI=1S/C20H24N2O/c1-14-7-9-17(10-8-14)19(21)20(23)22-18(16-11-12-16)13-15-5-3-2-4-6-15/h2-10,16,18-19H,11-13,21H2,1H3,(H,22,23). The van der Waals surface area contributed by atoms with Crippen LogP contribution in [-0.2, 0) is 11.2 Å². The molecule has 2 aromatic carbocycles. The average molecular weight is 308 g/mol. The summed E-state index contributed by atoms with van der Waals surface area (Å²) in [5.41, 5.74) is 9.43. The van der Waals surface area contributed by atoms with E-state index in [9.17, 15) is 4.79 Å². The molecule has 0 saturated heterocycles. The van der Waals surface area contributed by atoms with Crippen LogP contribution in [0.2, 0.25) is 0 Å². The quantitative estimate of drug-likeness (QED) is 0.861. The smallest absolute Gasteiger partial charge is 0.241 e. The number of aryl methyl sites for hydroxylation is 1. The number of nitrogens with one attached hydrogen (secondary N) is 1. The Morgan fingerprint density at radius 2 is 1.78 bits per heavy atom. The lowest BCUT2D eigenvalue weighted by Gasteiger charge is -2.21. The van der Waals surface area contributed by atoms with E-state index >= 15 is 0 Å². The van der Waals surface area contributed by atoms with Crippen LogP contribution in [0.15, 0.2) is 54.6 Å². The molecule has 1 amide bonds. The van der Waals surface area contributed by atoms with Crippen LogP contribution in [0.1, 0.15) is 35.6 Å². The highest BCUT2D eigenvalue weighted by Gasteiger charge is 2.33. The molecule has 0 heterocycles. The first kappa shape index (κ1) is 15.8. The zero-order valence-electron chi connectivity index (χ0n) is 13.5. The van der Waals surface area contributed by atoms with Gasteiger partial charge in [-0.05, 0) is 43.2 Å². The summed E-state index contributed by atoms with van der Waals surface area (Å²) in [6.07, 6.45) is 3.26. The molecule has 2 unspecified atom stereocenters. The van der Waals surface area contributed by atoms with Gasteiger partial charge >= 0.3 is 0 Å². The number of carbonyl (C=O) groups is 1. The Morgan fingerprint density at radius 3 is 2.39 bits per heavy atom. The lowest BCUT2D eigenvalue weighted by Crippen LogP contribution is -2.43. The fourth-order valence-corrected chi connectivity index (χ4v) is 2.90. The fraction of sp³-hybridized carbons (Fsp3) is 0.350. The maximum absolute atomic E-state index is 12.5. The normalized spacial score (nSPS) is 16.6. The monoisotopic (exact) mass is 308 g/mol. The molecule has 1 aliphatic carbocycles. The highest BCUT2D eigenvalue weighted by Crippen LogP contribution is 2.34. The van der Waals surface area contributed by atoms with Crippen molar-refractivity contribution in [3.05, 3.63) is 71.3 Å². The van der Waals surface area contributed by atoms with E-state index in [0.29, 0.717) is 5.92 Å². The SMILES string of the molecule is Cc1ccc(C(N)C(=O)NC(Cc2ccccc2)C2CC2)cc1. The van der Waals surface area contributed by atoms with Gasteiger partial charge in [-0.25, -0.2) is 0 Å². The Kier molecular flexibility index (Phi) is 4.77. The molecule has 2 atom stereocenters. The van der Waals surface area contributed by atoms with Crippen molar-refractivity contribution in [3.63, 3.8) is 0 Å². The summed E-state index contributed by atoms with van der Waals surface area (Å²) < 4.78 is 0. The Balaban J connectivity index is 1.65. The van der Waals surface area contributed by atoms with Gasteiger partial charge < -0.3 is 11.1 Å². The van der Waals surface area contributed by atoms with Crippen LogP contribution in [0, 0.1) is 12.8 Å². The minimum atomic E-state index is -0.604. The van der Waals surface area contributed by atoms with Crippen molar-refractivity contribution in [1.29, 1.82) is 0 Å². The fourth-order valence-electron chi connectivity index (χ4n) is 2.90. The molecule has 3 nitrogen and oxygen atoms in total. The van der Waals surface area contributed by atoms with Crippen molar-refractivity contribution in [3.8, 4) is 0 Å². The van der Waals surface area contributed by atoms with Crippen LogP contribution in [0.3, 0.4) is 0 Å². The maximum atomic E-state index is 12.5. The molecule has 1 fully saturated rings. The molecule has 0 radical (unpaired) electrons. The maximum Gasteiger partial charge on any atom is 0.241 e. The largest absolute Gasteiger partial charge is 0.351 e. The van der Waals surface area contributed by atoms with Crippen LogP contribution in [-0.4, -0.2) is 11.9 Å². The number of benzene rings is 2. The lowest BCUT2D eigenvalue weighted by molar-refractivity contribution is -0.123. The number of amides is 1. The second kappa shape index (κ2) is 6.97. The summed E-state index contributed by atoms with van der Waals surface area (Å²) in [6.45, 7) is 2.03. The van der Waals surface area contributed by atoms with Gasteiger partial charge in [-0.15, -0.1) is 0 Å². The summed E-state index contributed by atoms with van der Waals surface area (Å²) in [6, 6.07) is 17.7. The topological polar surface area (TPSA) is 55.1 Å². The van der Waals surface area contributed by atoms with Gasteiger partial charge in [0, 0.05) is 6.04 Å². The highest BCUT2D eigenvalue weighted by molar-refractivity contribution is 5.83. The van der Waals surface area contributed by atoms with Gasteiger partial charge in [-0.3, -0.25) is 4.79 Å².